The van der Waals surface area contributed by atoms with E-state index in [1.165, 1.54) is 10.9 Å². The van der Waals surface area contributed by atoms with Crippen LogP contribution in [0, 0.1) is 6.92 Å². The lowest BCUT2D eigenvalue weighted by atomic mass is 9.99. The number of aromatic amines is 1. The number of amides is 1. The molecule has 1 aliphatic rings. The third kappa shape index (κ3) is 4.80. The second kappa shape index (κ2) is 9.73. The Kier molecular flexibility index (Phi) is 6.79. The number of anilines is 1. The van der Waals surface area contributed by atoms with Crippen LogP contribution < -0.4 is 10.9 Å². The fourth-order valence-corrected chi connectivity index (χ4v) is 4.46. The Bertz CT molecular complexity index is 1150. The van der Waals surface area contributed by atoms with E-state index in [1.807, 2.05) is 29.2 Å². The lowest BCUT2D eigenvalue weighted by molar-refractivity contribution is -0.134. The number of benzene rings is 1. The molecule has 2 aromatic heterocycles. The largest absolute Gasteiger partial charge is 0.351 e. The van der Waals surface area contributed by atoms with E-state index in [9.17, 15) is 9.59 Å². The number of fused-ring (bicyclic) bond motifs is 1. The molecule has 0 spiro atoms. The Hall–Kier alpha value is -2.87. The number of halogens is 1. The number of carbonyl (C=O) groups excluding carboxylic acids is 1. The summed E-state index contributed by atoms with van der Waals surface area (Å²) in [6.45, 7) is 5.27. The first kappa shape index (κ1) is 22.3. The smallest absolute Gasteiger partial charge is 0.277 e. The van der Waals surface area contributed by atoms with Gasteiger partial charge in [0.05, 0.1) is 5.69 Å². The lowest BCUT2D eigenvalue weighted by Gasteiger charge is -2.35. The van der Waals surface area contributed by atoms with Crippen molar-refractivity contribution in [2.75, 3.05) is 11.9 Å². The fraction of sp³-hybridized carbons (Fsp3) is 0.478. The Labute approximate surface area is 192 Å². The molecule has 1 saturated heterocycles. The van der Waals surface area contributed by atoms with Crippen molar-refractivity contribution < 1.29 is 4.79 Å². The van der Waals surface area contributed by atoms with Gasteiger partial charge in [-0.05, 0) is 56.7 Å². The van der Waals surface area contributed by atoms with E-state index >= 15 is 0 Å². The van der Waals surface area contributed by atoms with E-state index in [0.717, 1.165) is 31.4 Å². The molecule has 1 aromatic carbocycles. The summed E-state index contributed by atoms with van der Waals surface area (Å²) in [5, 5.41) is 6.83. The Morgan fingerprint density at radius 2 is 2.03 bits per heavy atom. The number of hydrogen-bond acceptors (Lipinski definition) is 5. The molecule has 8 nitrogen and oxygen atoms in total. The van der Waals surface area contributed by atoms with Gasteiger partial charge in [-0.25, -0.2) is 4.98 Å². The average molecular weight is 457 g/mol. The summed E-state index contributed by atoms with van der Waals surface area (Å²) in [6.07, 6.45) is 4.96. The normalized spacial score (nSPS) is 16.5. The molecule has 0 unspecified atom stereocenters. The van der Waals surface area contributed by atoms with E-state index in [-0.39, 0.29) is 11.5 Å². The SMILES string of the molecule is CC[C@H]1CCCCN1C(=O)CCc1c(C)nc2nc(NCc3ccc(Cl)cc3)[nH]n2c1=O. The first-order chi connectivity index (χ1) is 15.5. The number of likely N-dealkylation sites (tertiary alicyclic amines) is 1. The highest BCUT2D eigenvalue weighted by atomic mass is 35.5. The number of nitrogens with one attached hydrogen (secondary N) is 2. The van der Waals surface area contributed by atoms with E-state index < -0.39 is 0 Å². The number of hydrogen-bond donors (Lipinski definition) is 2. The van der Waals surface area contributed by atoms with Crippen molar-refractivity contribution in [1.29, 1.82) is 0 Å². The van der Waals surface area contributed by atoms with Crippen molar-refractivity contribution in [3.8, 4) is 0 Å². The van der Waals surface area contributed by atoms with Crippen LogP contribution in [0.1, 0.15) is 55.8 Å². The van der Waals surface area contributed by atoms with Crippen LogP contribution in [0.5, 0.6) is 0 Å². The van der Waals surface area contributed by atoms with Gasteiger partial charge in [-0.1, -0.05) is 30.7 Å². The summed E-state index contributed by atoms with van der Waals surface area (Å²) in [7, 11) is 0. The minimum absolute atomic E-state index is 0.121. The Balaban J connectivity index is 1.47. The van der Waals surface area contributed by atoms with Crippen LogP contribution >= 0.6 is 11.6 Å². The lowest BCUT2D eigenvalue weighted by Crippen LogP contribution is -2.43. The second-order valence-electron chi connectivity index (χ2n) is 8.31. The molecule has 0 aliphatic carbocycles. The van der Waals surface area contributed by atoms with E-state index in [2.05, 4.69) is 27.3 Å². The van der Waals surface area contributed by atoms with Crippen molar-refractivity contribution in [2.24, 2.45) is 0 Å². The Morgan fingerprint density at radius 3 is 2.78 bits per heavy atom. The molecule has 4 rings (SSSR count). The maximum absolute atomic E-state index is 13.1. The van der Waals surface area contributed by atoms with Crippen LogP contribution in [0.2, 0.25) is 5.02 Å². The molecule has 3 heterocycles. The molecule has 1 atom stereocenters. The number of piperidine rings is 1. The van der Waals surface area contributed by atoms with Gasteiger partial charge in [-0.15, -0.1) is 0 Å². The van der Waals surface area contributed by atoms with Gasteiger partial charge in [-0.3, -0.25) is 14.7 Å². The van der Waals surface area contributed by atoms with Gasteiger partial charge in [0, 0.05) is 36.1 Å². The van der Waals surface area contributed by atoms with Gasteiger partial charge in [0.1, 0.15) is 0 Å². The Morgan fingerprint density at radius 1 is 1.25 bits per heavy atom. The zero-order valence-corrected chi connectivity index (χ0v) is 19.3. The van der Waals surface area contributed by atoms with Gasteiger partial charge in [-0.2, -0.15) is 9.50 Å². The minimum atomic E-state index is -0.210. The predicted octanol–water partition coefficient (Wildman–Crippen LogP) is 3.72. The fourth-order valence-electron chi connectivity index (χ4n) is 4.34. The van der Waals surface area contributed by atoms with Gasteiger partial charge in [0.25, 0.3) is 11.3 Å². The maximum Gasteiger partial charge on any atom is 0.277 e. The summed E-state index contributed by atoms with van der Waals surface area (Å²) < 4.78 is 1.34. The van der Waals surface area contributed by atoms with Crippen molar-refractivity contribution in [1.82, 2.24) is 24.5 Å². The summed E-state index contributed by atoms with van der Waals surface area (Å²) >= 11 is 5.92. The maximum atomic E-state index is 13.1. The molecule has 1 amide bonds. The molecule has 170 valence electrons. The predicted molar refractivity (Wildman–Crippen MR) is 125 cm³/mol. The molecule has 0 bridgehead atoms. The van der Waals surface area contributed by atoms with Crippen LogP contribution in [-0.4, -0.2) is 43.0 Å². The summed E-state index contributed by atoms with van der Waals surface area (Å²) in [4.78, 5) is 36.8. The molecule has 1 aliphatic heterocycles. The summed E-state index contributed by atoms with van der Waals surface area (Å²) in [6, 6.07) is 7.82. The molecule has 9 heteroatoms. The van der Waals surface area contributed by atoms with Crippen molar-refractivity contribution in [3.05, 3.63) is 56.5 Å². The van der Waals surface area contributed by atoms with Crippen molar-refractivity contribution in [2.45, 2.75) is 65.0 Å². The number of H-pyrrole nitrogens is 1. The van der Waals surface area contributed by atoms with E-state index in [4.69, 9.17) is 11.6 Å². The first-order valence-corrected chi connectivity index (χ1v) is 11.6. The van der Waals surface area contributed by atoms with E-state index in [0.29, 0.717) is 53.4 Å². The van der Waals surface area contributed by atoms with Crippen LogP contribution in [0.3, 0.4) is 0 Å². The molecule has 2 N–H and O–H groups in total. The highest BCUT2D eigenvalue weighted by Gasteiger charge is 2.25. The topological polar surface area (TPSA) is 95.4 Å². The van der Waals surface area contributed by atoms with Gasteiger partial charge < -0.3 is 10.2 Å². The molecule has 1 fully saturated rings. The number of nitrogens with zero attached hydrogens (tertiary/aromatic N) is 4. The number of aryl methyl sites for hydroxylation is 1. The third-order valence-corrected chi connectivity index (χ3v) is 6.43. The molecule has 0 radical (unpaired) electrons. The van der Waals surface area contributed by atoms with Crippen molar-refractivity contribution >= 4 is 29.2 Å². The zero-order chi connectivity index (χ0) is 22.7. The zero-order valence-electron chi connectivity index (χ0n) is 18.5. The standard InChI is InChI=1S/C23H29ClN6O2/c1-3-18-6-4-5-13-29(18)20(31)12-11-19-15(2)26-23-27-22(28-30(23)21(19)32)25-14-16-7-9-17(24)10-8-16/h7-10,18H,3-6,11-14H2,1-2H3,(H2,25,26,27,28)/t18-/m0/s1. The molecular formula is C23H29ClN6O2. The average Bonchev–Trinajstić information content (AvgIpc) is 3.21. The highest BCUT2D eigenvalue weighted by molar-refractivity contribution is 6.30. The quantitative estimate of drug-likeness (QED) is 0.565. The number of carbonyl (C=O) groups is 1. The molecule has 3 aromatic rings. The highest BCUT2D eigenvalue weighted by Crippen LogP contribution is 2.21. The van der Waals surface area contributed by atoms with Crippen LogP contribution in [0.4, 0.5) is 5.95 Å². The summed E-state index contributed by atoms with van der Waals surface area (Å²) in [5.41, 5.74) is 1.99. The van der Waals surface area contributed by atoms with Crippen molar-refractivity contribution in [3.63, 3.8) is 0 Å². The molecule has 32 heavy (non-hydrogen) atoms. The monoisotopic (exact) mass is 456 g/mol. The van der Waals surface area contributed by atoms with Gasteiger partial charge >= 0.3 is 0 Å². The van der Waals surface area contributed by atoms with Crippen LogP contribution in [-0.2, 0) is 17.8 Å². The first-order valence-electron chi connectivity index (χ1n) is 11.2. The number of aromatic nitrogens is 4. The molecular weight excluding hydrogens is 428 g/mol. The van der Waals surface area contributed by atoms with Crippen LogP contribution in [0.25, 0.3) is 5.78 Å². The minimum Gasteiger partial charge on any atom is -0.351 e. The van der Waals surface area contributed by atoms with Gasteiger partial charge in [0.15, 0.2) is 0 Å². The number of rotatable bonds is 7. The summed E-state index contributed by atoms with van der Waals surface area (Å²) in [5.74, 6) is 0.884. The van der Waals surface area contributed by atoms with Gasteiger partial charge in [0.2, 0.25) is 11.9 Å². The van der Waals surface area contributed by atoms with E-state index in [1.54, 1.807) is 6.92 Å². The second-order valence-corrected chi connectivity index (χ2v) is 8.75. The molecule has 0 saturated carbocycles. The van der Waals surface area contributed by atoms with Crippen LogP contribution in [0.15, 0.2) is 29.1 Å². The third-order valence-electron chi connectivity index (χ3n) is 6.18.